The molecule has 2 N–H and O–H groups in total. The van der Waals surface area contributed by atoms with Crippen molar-refractivity contribution in [3.63, 3.8) is 0 Å². The molecule has 1 aromatic rings. The first-order valence-electron chi connectivity index (χ1n) is 6.55. The summed E-state index contributed by atoms with van der Waals surface area (Å²) in [5.74, 6) is -1.51. The molecule has 0 aromatic heterocycles. The largest absolute Gasteiger partial charge is 0.483 e. The smallest absolute Gasteiger partial charge is 0.419 e. The van der Waals surface area contributed by atoms with Crippen LogP contribution in [-0.2, 0) is 15.8 Å². The lowest BCUT2D eigenvalue weighted by Crippen LogP contribution is -2.41. The van der Waals surface area contributed by atoms with E-state index in [-0.39, 0.29) is 18.5 Å². The lowest BCUT2D eigenvalue weighted by atomic mass is 10.2. The first-order valence-corrected chi connectivity index (χ1v) is 6.55. The maximum atomic E-state index is 12.7. The van der Waals surface area contributed by atoms with E-state index < -0.39 is 30.0 Å². The minimum Gasteiger partial charge on any atom is -0.483 e. The molecule has 5 nitrogen and oxygen atoms in total. The van der Waals surface area contributed by atoms with E-state index in [0.29, 0.717) is 0 Å². The van der Waals surface area contributed by atoms with Gasteiger partial charge in [-0.25, -0.2) is 0 Å². The van der Waals surface area contributed by atoms with Crippen molar-refractivity contribution in [2.75, 3.05) is 13.2 Å². The van der Waals surface area contributed by atoms with Crippen molar-refractivity contribution in [1.82, 2.24) is 10.6 Å². The van der Waals surface area contributed by atoms with E-state index in [0.717, 1.165) is 12.1 Å². The van der Waals surface area contributed by atoms with Gasteiger partial charge in [0.2, 0.25) is 5.91 Å². The first-order chi connectivity index (χ1) is 10.2. The Hall–Kier alpha value is -2.25. The Morgan fingerprint density at radius 2 is 1.82 bits per heavy atom. The summed E-state index contributed by atoms with van der Waals surface area (Å²) in [6, 6.07) is 4.52. The van der Waals surface area contributed by atoms with E-state index in [4.69, 9.17) is 4.74 Å². The van der Waals surface area contributed by atoms with Crippen LogP contribution >= 0.6 is 0 Å². The van der Waals surface area contributed by atoms with Crippen LogP contribution in [0.5, 0.6) is 5.75 Å². The summed E-state index contributed by atoms with van der Waals surface area (Å²) in [6.07, 6.45) is -4.57. The van der Waals surface area contributed by atoms with Crippen LogP contribution in [0.2, 0.25) is 0 Å². The third-order valence-electron chi connectivity index (χ3n) is 2.45. The second kappa shape index (κ2) is 7.67. The lowest BCUT2D eigenvalue weighted by Gasteiger charge is -2.13. The average molecular weight is 318 g/mol. The number of nitrogens with one attached hydrogen (secondary N) is 2. The van der Waals surface area contributed by atoms with Crippen LogP contribution in [0.15, 0.2) is 24.3 Å². The number of ether oxygens (including phenoxy) is 1. The van der Waals surface area contributed by atoms with Crippen LogP contribution in [0, 0.1) is 0 Å². The number of halogens is 3. The topological polar surface area (TPSA) is 67.4 Å². The van der Waals surface area contributed by atoms with Gasteiger partial charge in [-0.3, -0.25) is 9.59 Å². The maximum Gasteiger partial charge on any atom is 0.419 e. The summed E-state index contributed by atoms with van der Waals surface area (Å²) >= 11 is 0. The molecule has 0 aliphatic heterocycles. The van der Waals surface area contributed by atoms with Gasteiger partial charge in [0, 0.05) is 6.04 Å². The molecular weight excluding hydrogens is 301 g/mol. The third kappa shape index (κ3) is 6.02. The monoisotopic (exact) mass is 318 g/mol. The first kappa shape index (κ1) is 17.8. The highest BCUT2D eigenvalue weighted by atomic mass is 19.4. The number of rotatable bonds is 6. The van der Waals surface area contributed by atoms with Crippen molar-refractivity contribution < 1.29 is 27.5 Å². The Kier molecular flexibility index (Phi) is 6.21. The molecule has 0 unspecified atom stereocenters. The quantitative estimate of drug-likeness (QED) is 0.839. The van der Waals surface area contributed by atoms with Crippen molar-refractivity contribution in [1.29, 1.82) is 0 Å². The van der Waals surface area contributed by atoms with Gasteiger partial charge in [0.25, 0.3) is 5.91 Å². The third-order valence-corrected chi connectivity index (χ3v) is 2.45. The molecule has 0 spiro atoms. The number of hydrogen-bond acceptors (Lipinski definition) is 3. The second-order valence-corrected chi connectivity index (χ2v) is 4.78. The number of hydrogen-bond donors (Lipinski definition) is 2. The van der Waals surface area contributed by atoms with Crippen molar-refractivity contribution in [3.05, 3.63) is 29.8 Å². The zero-order chi connectivity index (χ0) is 16.8. The van der Waals surface area contributed by atoms with Gasteiger partial charge in [0.05, 0.1) is 12.1 Å². The molecule has 8 heteroatoms. The molecule has 0 saturated heterocycles. The van der Waals surface area contributed by atoms with Crippen LogP contribution < -0.4 is 15.4 Å². The van der Waals surface area contributed by atoms with E-state index in [1.165, 1.54) is 12.1 Å². The highest BCUT2D eigenvalue weighted by Crippen LogP contribution is 2.35. The van der Waals surface area contributed by atoms with Crippen LogP contribution in [0.4, 0.5) is 13.2 Å². The molecule has 1 aromatic carbocycles. The van der Waals surface area contributed by atoms with E-state index in [9.17, 15) is 22.8 Å². The van der Waals surface area contributed by atoms with Crippen LogP contribution in [0.1, 0.15) is 19.4 Å². The summed E-state index contributed by atoms with van der Waals surface area (Å²) < 4.78 is 43.0. The number of amides is 2. The predicted octanol–water partition coefficient (Wildman–Crippen LogP) is 1.73. The number of carbonyl (C=O) groups is 2. The molecule has 0 bridgehead atoms. The highest BCUT2D eigenvalue weighted by molar-refractivity contribution is 5.85. The summed E-state index contributed by atoms with van der Waals surface area (Å²) in [5, 5.41) is 4.82. The molecule has 0 heterocycles. The Bertz CT molecular complexity index is 530. The van der Waals surface area contributed by atoms with Gasteiger partial charge in [-0.2, -0.15) is 13.2 Å². The normalized spacial score (nSPS) is 11.2. The van der Waals surface area contributed by atoms with Crippen LogP contribution in [-0.4, -0.2) is 31.0 Å². The second-order valence-electron chi connectivity index (χ2n) is 4.78. The van der Waals surface area contributed by atoms with E-state index in [1.54, 1.807) is 13.8 Å². The van der Waals surface area contributed by atoms with Gasteiger partial charge in [-0.15, -0.1) is 0 Å². The Morgan fingerprint density at radius 1 is 1.18 bits per heavy atom. The van der Waals surface area contributed by atoms with Crippen molar-refractivity contribution in [3.8, 4) is 5.75 Å². The van der Waals surface area contributed by atoms with E-state index in [1.807, 2.05) is 0 Å². The van der Waals surface area contributed by atoms with E-state index >= 15 is 0 Å². The van der Waals surface area contributed by atoms with Crippen molar-refractivity contribution >= 4 is 11.8 Å². The van der Waals surface area contributed by atoms with Crippen molar-refractivity contribution in [2.24, 2.45) is 0 Å². The molecule has 22 heavy (non-hydrogen) atoms. The number of para-hydroxylation sites is 1. The van der Waals surface area contributed by atoms with Gasteiger partial charge in [-0.05, 0) is 26.0 Å². The Balaban J connectivity index is 2.50. The molecule has 2 amide bonds. The predicted molar refractivity (Wildman–Crippen MR) is 73.2 cm³/mol. The fourth-order valence-corrected chi connectivity index (χ4v) is 1.57. The highest BCUT2D eigenvalue weighted by Gasteiger charge is 2.34. The molecule has 0 saturated carbocycles. The van der Waals surface area contributed by atoms with Crippen molar-refractivity contribution in [2.45, 2.75) is 26.1 Å². The summed E-state index contributed by atoms with van der Waals surface area (Å²) in [7, 11) is 0. The lowest BCUT2D eigenvalue weighted by molar-refractivity contribution is -0.139. The molecule has 122 valence electrons. The van der Waals surface area contributed by atoms with Gasteiger partial charge < -0.3 is 15.4 Å². The minimum absolute atomic E-state index is 0.0701. The summed E-state index contributed by atoms with van der Waals surface area (Å²) in [5.41, 5.74) is -0.958. The minimum atomic E-state index is -4.57. The Morgan fingerprint density at radius 3 is 2.41 bits per heavy atom. The van der Waals surface area contributed by atoms with E-state index in [2.05, 4.69) is 10.6 Å². The molecule has 0 aliphatic carbocycles. The fourth-order valence-electron chi connectivity index (χ4n) is 1.57. The molecular formula is C14H17F3N2O3. The summed E-state index contributed by atoms with van der Waals surface area (Å²) in [4.78, 5) is 22.8. The number of carbonyl (C=O) groups excluding carboxylic acids is 2. The maximum absolute atomic E-state index is 12.7. The number of benzene rings is 1. The standard InChI is InChI=1S/C14H17F3N2O3/c1-9(2)19-12(20)7-18-13(21)8-22-11-6-4-3-5-10(11)14(15,16)17/h3-6,9H,7-8H2,1-2H3,(H,18,21)(H,19,20). The zero-order valence-corrected chi connectivity index (χ0v) is 12.2. The Labute approximate surface area is 125 Å². The summed E-state index contributed by atoms with van der Waals surface area (Å²) in [6.45, 7) is 2.65. The SMILES string of the molecule is CC(C)NC(=O)CNC(=O)COc1ccccc1C(F)(F)F. The average Bonchev–Trinajstić information content (AvgIpc) is 2.41. The van der Waals surface area contributed by atoms with Gasteiger partial charge in [-0.1, -0.05) is 12.1 Å². The van der Waals surface area contributed by atoms with Gasteiger partial charge >= 0.3 is 6.18 Å². The fraction of sp³-hybridized carbons (Fsp3) is 0.429. The molecule has 0 aliphatic rings. The molecule has 1 rings (SSSR count). The van der Waals surface area contributed by atoms with Gasteiger partial charge in [0.15, 0.2) is 6.61 Å². The molecule has 0 atom stereocenters. The van der Waals surface area contributed by atoms with Gasteiger partial charge in [0.1, 0.15) is 5.75 Å². The zero-order valence-electron chi connectivity index (χ0n) is 12.2. The molecule has 0 fully saturated rings. The van der Waals surface area contributed by atoms with Crippen LogP contribution in [0.3, 0.4) is 0 Å². The molecule has 0 radical (unpaired) electrons. The van der Waals surface area contributed by atoms with Crippen LogP contribution in [0.25, 0.3) is 0 Å². The number of alkyl halides is 3.